The number of nitrogens with zero attached hydrogens (tertiary/aromatic N) is 3. The van der Waals surface area contributed by atoms with Crippen LogP contribution in [-0.2, 0) is 26.1 Å². The Morgan fingerprint density at radius 3 is 2.12 bits per heavy atom. The molecule has 0 aliphatic rings. The van der Waals surface area contributed by atoms with Crippen LogP contribution < -0.4 is 5.11 Å². The normalized spacial score (nSPS) is 11.2. The van der Waals surface area contributed by atoms with Crippen LogP contribution in [0, 0.1) is 0 Å². The van der Waals surface area contributed by atoms with Crippen LogP contribution in [0.1, 0.15) is 50.7 Å². The van der Waals surface area contributed by atoms with Crippen LogP contribution in [0.25, 0.3) is 5.32 Å². The van der Waals surface area contributed by atoms with Gasteiger partial charge in [0.1, 0.15) is 0 Å². The van der Waals surface area contributed by atoms with Crippen molar-refractivity contribution in [1.82, 2.24) is 4.90 Å². The molecule has 0 saturated carbocycles. The molecule has 174 valence electrons. The Labute approximate surface area is 201 Å². The molecule has 0 aromatic heterocycles. The Bertz CT molecular complexity index is 864. The Morgan fingerprint density at radius 2 is 1.53 bits per heavy atom. The van der Waals surface area contributed by atoms with Crippen molar-refractivity contribution in [2.24, 2.45) is 4.99 Å². The monoisotopic (exact) mass is 479 g/mol. The average Bonchev–Trinajstić information content (AvgIpc) is 2.77. The summed E-state index contributed by atoms with van der Waals surface area (Å²) in [6.07, 6.45) is 4.24. The van der Waals surface area contributed by atoms with Crippen molar-refractivity contribution in [3.63, 3.8) is 0 Å². The summed E-state index contributed by atoms with van der Waals surface area (Å²) >= 11 is 0. The molecule has 0 spiro atoms. The van der Waals surface area contributed by atoms with Gasteiger partial charge in [-0.3, -0.25) is 9.89 Å². The number of benzene rings is 2. The number of unbranched alkanes of at least 4 members (excludes halogenated alkanes) is 2. The van der Waals surface area contributed by atoms with Crippen molar-refractivity contribution < 1.29 is 31.2 Å². The second-order valence-corrected chi connectivity index (χ2v) is 7.41. The second kappa shape index (κ2) is 15.3. The SMILES string of the molecule is CCCCN(CCCC)CC(=O)[N-]c1ccccc1C(=NCC(=O)[O-])c1ccccc1.[Ni+2]. The number of amides is 1. The van der Waals surface area contributed by atoms with Crippen LogP contribution in [0.2, 0.25) is 0 Å². The summed E-state index contributed by atoms with van der Waals surface area (Å²) in [4.78, 5) is 30.2. The molecule has 0 atom stereocenters. The number of aliphatic imine (C=N–C) groups is 1. The summed E-state index contributed by atoms with van der Waals surface area (Å²) in [5.41, 5.74) is 2.34. The van der Waals surface area contributed by atoms with Crippen LogP contribution in [0.3, 0.4) is 0 Å². The average molecular weight is 480 g/mol. The van der Waals surface area contributed by atoms with Gasteiger partial charge in [-0.1, -0.05) is 81.3 Å². The molecule has 0 bridgehead atoms. The molecule has 0 N–H and O–H groups in total. The number of rotatable bonds is 13. The summed E-state index contributed by atoms with van der Waals surface area (Å²) in [7, 11) is 0. The molecule has 32 heavy (non-hydrogen) atoms. The number of hydrogen-bond acceptors (Lipinski definition) is 5. The standard InChI is InChI=1S/C25H33N3O3.Ni/c1-3-5-16-28(17-6-4-2)19-23(29)27-22-15-11-10-14-21(22)25(26-18-24(30)31)20-12-8-7-9-13-20;/h7-15H,3-6,16-19H2,1-2H3,(H2,26,27,29,30,31);/q;+2/p-2. The molecule has 2 aromatic rings. The minimum absolute atomic E-state index is 0. The van der Waals surface area contributed by atoms with Gasteiger partial charge in [0.15, 0.2) is 0 Å². The third-order valence-electron chi connectivity index (χ3n) is 4.83. The quantitative estimate of drug-likeness (QED) is 0.323. The van der Waals surface area contributed by atoms with Crippen molar-refractivity contribution >= 4 is 23.3 Å². The molecule has 2 aromatic carbocycles. The smallest absolute Gasteiger partial charge is 0.625 e. The van der Waals surface area contributed by atoms with Gasteiger partial charge in [0.05, 0.1) is 24.1 Å². The Morgan fingerprint density at radius 1 is 0.938 bits per heavy atom. The van der Waals surface area contributed by atoms with Gasteiger partial charge >= 0.3 is 16.5 Å². The summed E-state index contributed by atoms with van der Waals surface area (Å²) in [5, 5.41) is 15.4. The first-order valence-electron chi connectivity index (χ1n) is 10.9. The van der Waals surface area contributed by atoms with Crippen LogP contribution in [0.15, 0.2) is 59.6 Å². The van der Waals surface area contributed by atoms with Gasteiger partial charge in [-0.15, -0.1) is 5.69 Å². The van der Waals surface area contributed by atoms with Crippen molar-refractivity contribution in [3.8, 4) is 0 Å². The molecule has 0 fully saturated rings. The molecule has 7 heteroatoms. The van der Waals surface area contributed by atoms with Crippen LogP contribution in [0.4, 0.5) is 5.69 Å². The largest absolute Gasteiger partial charge is 2.00 e. The molecule has 0 aliphatic heterocycles. The zero-order chi connectivity index (χ0) is 22.5. The van der Waals surface area contributed by atoms with E-state index in [4.69, 9.17) is 0 Å². The predicted molar refractivity (Wildman–Crippen MR) is 123 cm³/mol. The number of carbonyl (C=O) groups is 2. The number of carbonyl (C=O) groups excluding carboxylic acids is 2. The van der Waals surface area contributed by atoms with Crippen LogP contribution in [0.5, 0.6) is 0 Å². The van der Waals surface area contributed by atoms with E-state index in [0.717, 1.165) is 44.3 Å². The fourth-order valence-electron chi connectivity index (χ4n) is 3.24. The van der Waals surface area contributed by atoms with Gasteiger partial charge in [-0.05, 0) is 31.5 Å². The van der Waals surface area contributed by atoms with Gasteiger partial charge in [0.25, 0.3) is 0 Å². The summed E-state index contributed by atoms with van der Waals surface area (Å²) in [5.74, 6) is -1.48. The molecular formula is C25H31N3NiO3. The van der Waals surface area contributed by atoms with E-state index in [1.54, 1.807) is 12.1 Å². The van der Waals surface area contributed by atoms with E-state index < -0.39 is 12.5 Å². The fraction of sp³-hybridized carbons (Fsp3) is 0.400. The molecule has 2 rings (SSSR count). The Kier molecular flexibility index (Phi) is 13.2. The number of carboxylic acids is 1. The third kappa shape index (κ3) is 9.33. The maximum absolute atomic E-state index is 12.8. The number of aliphatic carboxylic acids is 1. The molecule has 0 heterocycles. The zero-order valence-electron chi connectivity index (χ0n) is 18.7. The minimum Gasteiger partial charge on any atom is -0.625 e. The number of para-hydroxylation sites is 1. The van der Waals surface area contributed by atoms with Crippen LogP contribution >= 0.6 is 0 Å². The minimum atomic E-state index is -1.26. The maximum Gasteiger partial charge on any atom is 2.00 e. The van der Waals surface area contributed by atoms with Crippen molar-refractivity contribution in [2.75, 3.05) is 26.2 Å². The molecule has 6 nitrogen and oxygen atoms in total. The summed E-state index contributed by atoms with van der Waals surface area (Å²) < 4.78 is 0. The van der Waals surface area contributed by atoms with Gasteiger partial charge in [0.2, 0.25) is 0 Å². The van der Waals surface area contributed by atoms with E-state index in [0.29, 0.717) is 17.0 Å². The first-order chi connectivity index (χ1) is 15.0. The fourth-order valence-corrected chi connectivity index (χ4v) is 3.24. The molecule has 0 saturated heterocycles. The predicted octanol–water partition coefficient (Wildman–Crippen LogP) is 3.71. The maximum atomic E-state index is 12.8. The Hall–Kier alpha value is -2.50. The van der Waals surface area contributed by atoms with E-state index in [1.807, 2.05) is 42.5 Å². The van der Waals surface area contributed by atoms with E-state index in [-0.39, 0.29) is 28.9 Å². The first-order valence-corrected chi connectivity index (χ1v) is 10.9. The van der Waals surface area contributed by atoms with E-state index in [2.05, 4.69) is 29.1 Å². The molecule has 0 radical (unpaired) electrons. The third-order valence-corrected chi connectivity index (χ3v) is 4.83. The van der Waals surface area contributed by atoms with E-state index >= 15 is 0 Å². The summed E-state index contributed by atoms with van der Waals surface area (Å²) in [6, 6.07) is 16.5. The van der Waals surface area contributed by atoms with Crippen molar-refractivity contribution in [3.05, 3.63) is 71.0 Å². The van der Waals surface area contributed by atoms with Crippen molar-refractivity contribution in [2.45, 2.75) is 39.5 Å². The number of carboxylic acid groups (broad SMARTS) is 1. The van der Waals surface area contributed by atoms with Gasteiger partial charge in [-0.2, -0.15) is 0 Å². The summed E-state index contributed by atoms with van der Waals surface area (Å²) in [6.45, 7) is 5.83. The van der Waals surface area contributed by atoms with E-state index in [1.165, 1.54) is 0 Å². The second-order valence-electron chi connectivity index (χ2n) is 7.41. The van der Waals surface area contributed by atoms with Gasteiger partial charge in [0, 0.05) is 12.1 Å². The van der Waals surface area contributed by atoms with E-state index in [9.17, 15) is 14.7 Å². The van der Waals surface area contributed by atoms with Crippen molar-refractivity contribution in [1.29, 1.82) is 0 Å². The molecular weight excluding hydrogens is 449 g/mol. The first kappa shape index (κ1) is 27.5. The van der Waals surface area contributed by atoms with Gasteiger partial charge < -0.3 is 20.0 Å². The molecule has 0 aliphatic carbocycles. The topological polar surface area (TPSA) is 86.9 Å². The molecule has 0 unspecified atom stereocenters. The zero-order valence-corrected chi connectivity index (χ0v) is 19.7. The molecule has 1 amide bonds. The van der Waals surface area contributed by atoms with Gasteiger partial charge in [-0.25, -0.2) is 0 Å². The Balaban J connectivity index is 0.00000512. The number of hydrogen-bond donors (Lipinski definition) is 0. The van der Waals surface area contributed by atoms with Crippen LogP contribution in [-0.4, -0.2) is 48.7 Å².